The van der Waals surface area contributed by atoms with Gasteiger partial charge in [0.1, 0.15) is 12.4 Å². The maximum atomic E-state index is 11.9. The van der Waals surface area contributed by atoms with Crippen LogP contribution in [-0.2, 0) is 9.63 Å². The van der Waals surface area contributed by atoms with Gasteiger partial charge < -0.3 is 20.6 Å². The third-order valence-electron chi connectivity index (χ3n) is 2.96. The fraction of sp³-hybridized carbons (Fsp3) is 0.176. The number of hydrogen-bond donors (Lipinski definition) is 2. The number of ether oxygens (including phenoxy) is 1. The van der Waals surface area contributed by atoms with Crippen molar-refractivity contribution in [3.8, 4) is 5.75 Å². The number of benzene rings is 2. The molecule has 6 nitrogen and oxygen atoms in total. The summed E-state index contributed by atoms with van der Waals surface area (Å²) in [5.41, 5.74) is 7.37. The quantitative estimate of drug-likeness (QED) is 0.366. The molecule has 0 unspecified atom stereocenters. The number of carbonyl (C=O) groups excluding carboxylic acids is 1. The molecule has 2 aromatic rings. The Labute approximate surface area is 162 Å². The number of nitrogens with one attached hydrogen (secondary N) is 1. The lowest BCUT2D eigenvalue weighted by atomic mass is 10.2. The van der Waals surface area contributed by atoms with Crippen LogP contribution in [0.15, 0.2) is 56.6 Å². The number of rotatable bonds is 7. The predicted octanol–water partition coefficient (Wildman–Crippen LogP) is 3.83. The Kier molecular flexibility index (Phi) is 7.27. The van der Waals surface area contributed by atoms with Crippen LogP contribution in [0.4, 0.5) is 5.69 Å². The van der Waals surface area contributed by atoms with Gasteiger partial charge in [0.2, 0.25) is 0 Å². The van der Waals surface area contributed by atoms with Crippen molar-refractivity contribution < 1.29 is 14.4 Å². The summed E-state index contributed by atoms with van der Waals surface area (Å²) in [7, 11) is 0. The zero-order valence-electron chi connectivity index (χ0n) is 13.5. The third kappa shape index (κ3) is 6.39. The highest BCUT2D eigenvalue weighted by Gasteiger charge is 2.10. The van der Waals surface area contributed by atoms with Crippen molar-refractivity contribution in [1.82, 2.24) is 0 Å². The molecule has 2 rings (SSSR count). The molecular formula is C17H17Br2N3O3. The molecule has 0 saturated carbocycles. The lowest BCUT2D eigenvalue weighted by Crippen LogP contribution is -2.23. The number of carbonyl (C=O) groups is 1. The molecule has 0 fully saturated rings. The lowest BCUT2D eigenvalue weighted by molar-refractivity contribution is -0.120. The van der Waals surface area contributed by atoms with Crippen LogP contribution in [0.25, 0.3) is 0 Å². The second-order valence-electron chi connectivity index (χ2n) is 5.11. The van der Waals surface area contributed by atoms with E-state index in [0.717, 1.165) is 14.5 Å². The molecule has 0 aliphatic carbocycles. The van der Waals surface area contributed by atoms with Crippen molar-refractivity contribution in [2.24, 2.45) is 10.9 Å². The van der Waals surface area contributed by atoms with E-state index in [2.05, 4.69) is 42.3 Å². The number of aryl methyl sites for hydroxylation is 1. The van der Waals surface area contributed by atoms with Gasteiger partial charge in [-0.3, -0.25) is 4.79 Å². The number of hydrogen-bond acceptors (Lipinski definition) is 4. The van der Waals surface area contributed by atoms with Crippen LogP contribution in [0.5, 0.6) is 5.75 Å². The van der Waals surface area contributed by atoms with E-state index in [1.54, 1.807) is 12.1 Å². The summed E-state index contributed by atoms with van der Waals surface area (Å²) >= 11 is 6.82. The maximum absolute atomic E-state index is 11.9. The molecule has 3 N–H and O–H groups in total. The number of halogens is 2. The Balaban J connectivity index is 1.80. The predicted molar refractivity (Wildman–Crippen MR) is 105 cm³/mol. The zero-order valence-corrected chi connectivity index (χ0v) is 16.6. The Morgan fingerprint density at radius 3 is 2.44 bits per heavy atom. The van der Waals surface area contributed by atoms with Gasteiger partial charge in [0, 0.05) is 8.95 Å². The van der Waals surface area contributed by atoms with Gasteiger partial charge in [-0.15, -0.1) is 0 Å². The number of amides is 1. The number of anilines is 1. The molecule has 25 heavy (non-hydrogen) atoms. The summed E-state index contributed by atoms with van der Waals surface area (Å²) in [6, 6.07) is 13.0. The van der Waals surface area contributed by atoms with E-state index >= 15 is 0 Å². The van der Waals surface area contributed by atoms with E-state index in [0.29, 0.717) is 11.4 Å². The van der Waals surface area contributed by atoms with Crippen molar-refractivity contribution in [2.45, 2.75) is 6.92 Å². The first kappa shape index (κ1) is 19.3. The number of oxime groups is 1. The van der Waals surface area contributed by atoms with E-state index in [4.69, 9.17) is 15.3 Å². The average molecular weight is 471 g/mol. The first-order valence-electron chi connectivity index (χ1n) is 7.33. The average Bonchev–Trinajstić information content (AvgIpc) is 2.57. The first-order chi connectivity index (χ1) is 12.0. The molecule has 0 atom stereocenters. The van der Waals surface area contributed by atoms with E-state index < -0.39 is 0 Å². The molecule has 0 aromatic heterocycles. The van der Waals surface area contributed by atoms with E-state index in [1.807, 2.05) is 37.3 Å². The minimum Gasteiger partial charge on any atom is -0.486 e. The van der Waals surface area contributed by atoms with Crippen molar-refractivity contribution in [3.63, 3.8) is 0 Å². The van der Waals surface area contributed by atoms with E-state index in [-0.39, 0.29) is 25.0 Å². The van der Waals surface area contributed by atoms with Gasteiger partial charge in [-0.1, -0.05) is 23.4 Å². The highest BCUT2D eigenvalue weighted by Crippen LogP contribution is 2.32. The lowest BCUT2D eigenvalue weighted by Gasteiger charge is -2.10. The molecule has 0 heterocycles. The Morgan fingerprint density at radius 1 is 1.16 bits per heavy atom. The molecule has 1 amide bonds. The van der Waals surface area contributed by atoms with Gasteiger partial charge in [0.25, 0.3) is 5.91 Å². The number of amidine groups is 1. The van der Waals surface area contributed by atoms with Crippen LogP contribution in [0.2, 0.25) is 0 Å². The number of nitrogens with two attached hydrogens (primary N) is 1. The van der Waals surface area contributed by atoms with Gasteiger partial charge in [-0.25, -0.2) is 0 Å². The summed E-state index contributed by atoms with van der Waals surface area (Å²) in [5, 5.41) is 6.40. The summed E-state index contributed by atoms with van der Waals surface area (Å²) in [4.78, 5) is 16.9. The molecule has 0 radical (unpaired) electrons. The molecule has 0 aliphatic rings. The van der Waals surface area contributed by atoms with Crippen LogP contribution in [0.1, 0.15) is 5.56 Å². The minimum absolute atomic E-state index is 0.0701. The van der Waals surface area contributed by atoms with Gasteiger partial charge in [0.15, 0.2) is 12.4 Å². The highest BCUT2D eigenvalue weighted by atomic mass is 79.9. The van der Waals surface area contributed by atoms with Crippen LogP contribution in [0.3, 0.4) is 0 Å². The molecule has 8 heteroatoms. The highest BCUT2D eigenvalue weighted by molar-refractivity contribution is 9.11. The third-order valence-corrected chi connectivity index (χ3v) is 4.21. The summed E-state index contributed by atoms with van der Waals surface area (Å²) in [6.07, 6.45) is 0. The monoisotopic (exact) mass is 469 g/mol. The molecule has 0 saturated heterocycles. The van der Waals surface area contributed by atoms with Crippen molar-refractivity contribution >= 4 is 49.3 Å². The van der Waals surface area contributed by atoms with Crippen LogP contribution in [-0.4, -0.2) is 25.0 Å². The fourth-order valence-electron chi connectivity index (χ4n) is 1.87. The van der Waals surface area contributed by atoms with Crippen LogP contribution < -0.4 is 15.8 Å². The van der Waals surface area contributed by atoms with Gasteiger partial charge in [0.05, 0.1) is 5.69 Å². The van der Waals surface area contributed by atoms with E-state index in [9.17, 15) is 4.79 Å². The van der Waals surface area contributed by atoms with Gasteiger partial charge >= 0.3 is 0 Å². The number of nitrogens with zero attached hydrogens (tertiary/aromatic N) is 1. The summed E-state index contributed by atoms with van der Waals surface area (Å²) in [5.74, 6) is 0.451. The first-order valence-corrected chi connectivity index (χ1v) is 8.92. The Morgan fingerprint density at radius 2 is 1.80 bits per heavy atom. The normalized spacial score (nSPS) is 11.1. The smallest absolute Gasteiger partial charge is 0.265 e. The molecular weight excluding hydrogens is 454 g/mol. The number of para-hydroxylation sites is 1. The standard InChI is InChI=1S/C17H17Br2N3O3/c1-11-7-13(18)17(14(19)8-11)21-16(23)10-25-22-15(20)9-24-12-5-3-2-4-6-12/h2-8H,9-10H2,1H3,(H2,20,22)(H,21,23). The molecule has 0 bridgehead atoms. The zero-order chi connectivity index (χ0) is 18.2. The van der Waals surface area contributed by atoms with Crippen LogP contribution >= 0.6 is 31.9 Å². The second-order valence-corrected chi connectivity index (χ2v) is 6.82. The summed E-state index contributed by atoms with van der Waals surface area (Å²) < 4.78 is 6.96. The largest absolute Gasteiger partial charge is 0.486 e. The van der Waals surface area contributed by atoms with E-state index in [1.165, 1.54) is 0 Å². The Bertz CT molecular complexity index is 744. The van der Waals surface area contributed by atoms with Crippen molar-refractivity contribution in [1.29, 1.82) is 0 Å². The molecule has 0 aliphatic heterocycles. The Hall–Kier alpha value is -2.06. The molecule has 2 aromatic carbocycles. The minimum atomic E-state index is -0.356. The van der Waals surface area contributed by atoms with Crippen LogP contribution in [0, 0.1) is 6.92 Å². The van der Waals surface area contributed by atoms with Crippen molar-refractivity contribution in [3.05, 3.63) is 57.0 Å². The van der Waals surface area contributed by atoms with Gasteiger partial charge in [-0.05, 0) is 68.6 Å². The topological polar surface area (TPSA) is 85.9 Å². The van der Waals surface area contributed by atoms with Gasteiger partial charge in [-0.2, -0.15) is 0 Å². The molecule has 0 spiro atoms. The maximum Gasteiger partial charge on any atom is 0.265 e. The summed E-state index contributed by atoms with van der Waals surface area (Å²) in [6.45, 7) is 1.76. The fourth-order valence-corrected chi connectivity index (χ4v) is 3.48. The molecule has 132 valence electrons. The SMILES string of the molecule is Cc1cc(Br)c(NC(=O)CO/N=C(/N)COc2ccccc2)c(Br)c1. The second kappa shape index (κ2) is 9.43. The van der Waals surface area contributed by atoms with Crippen molar-refractivity contribution in [2.75, 3.05) is 18.5 Å².